The number of benzene rings is 1. The average molecular weight is 488 g/mol. The molecule has 0 fully saturated rings. The molecule has 0 aliphatic rings. The molecule has 8 nitrogen and oxygen atoms in total. The van der Waals surface area contributed by atoms with Gasteiger partial charge in [-0.1, -0.05) is 11.6 Å². The topological polar surface area (TPSA) is 114 Å². The molecular formula is C19H11ClF5N5O3. The van der Waals surface area contributed by atoms with E-state index >= 15 is 0 Å². The van der Waals surface area contributed by atoms with Crippen molar-refractivity contribution < 1.29 is 26.7 Å². The number of alkyl halides is 5. The van der Waals surface area contributed by atoms with E-state index in [1.807, 2.05) is 5.10 Å². The van der Waals surface area contributed by atoms with Gasteiger partial charge in [0.1, 0.15) is 11.4 Å². The van der Waals surface area contributed by atoms with Gasteiger partial charge in [-0.15, -0.1) is 0 Å². The third-order valence-electron chi connectivity index (χ3n) is 4.16. The van der Waals surface area contributed by atoms with Crippen LogP contribution in [0.1, 0.15) is 29.4 Å². The Balaban J connectivity index is 2.12. The maximum absolute atomic E-state index is 13.5. The normalized spacial score (nSPS) is 11.8. The van der Waals surface area contributed by atoms with E-state index in [1.54, 1.807) is 6.07 Å². The number of nitrogens with zero attached hydrogens (tertiary/aromatic N) is 4. The molecule has 0 bridgehead atoms. The van der Waals surface area contributed by atoms with Crippen LogP contribution >= 0.6 is 11.6 Å². The van der Waals surface area contributed by atoms with Crippen LogP contribution in [0.25, 0.3) is 0 Å². The van der Waals surface area contributed by atoms with Crippen molar-refractivity contribution in [1.29, 1.82) is 5.26 Å². The highest BCUT2D eigenvalue weighted by molar-refractivity contribution is 6.30. The summed E-state index contributed by atoms with van der Waals surface area (Å²) in [4.78, 5) is 28.0. The van der Waals surface area contributed by atoms with E-state index in [0.717, 1.165) is 18.2 Å². The van der Waals surface area contributed by atoms with Crippen LogP contribution in [0.5, 0.6) is 11.5 Å². The van der Waals surface area contributed by atoms with E-state index in [0.29, 0.717) is 17.8 Å². The van der Waals surface area contributed by atoms with Crippen LogP contribution in [0.3, 0.4) is 0 Å². The summed E-state index contributed by atoms with van der Waals surface area (Å²) in [6, 6.07) is 5.79. The Labute approximate surface area is 185 Å². The minimum Gasteiger partial charge on any atom is -0.449 e. The van der Waals surface area contributed by atoms with Gasteiger partial charge < -0.3 is 4.74 Å². The van der Waals surface area contributed by atoms with Crippen LogP contribution in [-0.4, -0.2) is 19.7 Å². The maximum Gasteiger partial charge on any atom is 0.437 e. The van der Waals surface area contributed by atoms with Crippen molar-refractivity contribution in [2.24, 2.45) is 0 Å². The first-order valence-electron chi connectivity index (χ1n) is 8.81. The lowest BCUT2D eigenvalue weighted by molar-refractivity contribution is -0.142. The van der Waals surface area contributed by atoms with Gasteiger partial charge in [-0.05, 0) is 24.3 Å². The number of nitriles is 1. The predicted octanol–water partition coefficient (Wildman–Crippen LogP) is 3.82. The van der Waals surface area contributed by atoms with E-state index in [4.69, 9.17) is 21.6 Å². The van der Waals surface area contributed by atoms with Crippen molar-refractivity contribution in [3.05, 3.63) is 78.8 Å². The molecule has 14 heteroatoms. The third-order valence-corrected chi connectivity index (χ3v) is 4.37. The Kier molecular flexibility index (Phi) is 6.24. The molecule has 1 N–H and O–H groups in total. The highest BCUT2D eigenvalue weighted by Crippen LogP contribution is 2.35. The Bertz CT molecular complexity index is 1370. The molecule has 3 rings (SSSR count). The first-order valence-corrected chi connectivity index (χ1v) is 9.19. The summed E-state index contributed by atoms with van der Waals surface area (Å²) < 4.78 is 73.1. The van der Waals surface area contributed by atoms with Crippen LogP contribution < -0.4 is 15.9 Å². The van der Waals surface area contributed by atoms with Crippen LogP contribution in [0.15, 0.2) is 40.2 Å². The van der Waals surface area contributed by atoms with Crippen molar-refractivity contribution in [2.75, 3.05) is 0 Å². The van der Waals surface area contributed by atoms with Crippen LogP contribution in [0.4, 0.5) is 22.0 Å². The number of nitrogens with one attached hydrogen (secondary N) is 1. The van der Waals surface area contributed by atoms with Gasteiger partial charge in [0, 0.05) is 17.5 Å². The SMILES string of the molecule is CC(F)(F)c1cc(Cn2cnc(C(F)(F)F)c(Oc3cc(Cl)cc(C#N)c3)c2=O)c(=O)[nH]n1. The highest BCUT2D eigenvalue weighted by Gasteiger charge is 2.39. The lowest BCUT2D eigenvalue weighted by atomic mass is 10.2. The fourth-order valence-corrected chi connectivity index (χ4v) is 2.88. The fourth-order valence-electron chi connectivity index (χ4n) is 2.65. The molecule has 0 atom stereocenters. The minimum absolute atomic E-state index is 0.0434. The predicted molar refractivity (Wildman–Crippen MR) is 103 cm³/mol. The number of hydrogen-bond donors (Lipinski definition) is 1. The molecule has 0 unspecified atom stereocenters. The van der Waals surface area contributed by atoms with Gasteiger partial charge in [0.25, 0.3) is 17.0 Å². The monoisotopic (exact) mass is 487 g/mol. The van der Waals surface area contributed by atoms with Crippen molar-refractivity contribution in [3.8, 4) is 17.6 Å². The summed E-state index contributed by atoms with van der Waals surface area (Å²) in [5.41, 5.74) is -5.23. The van der Waals surface area contributed by atoms with Gasteiger partial charge in [0.2, 0.25) is 5.75 Å². The largest absolute Gasteiger partial charge is 0.449 e. The van der Waals surface area contributed by atoms with Crippen molar-refractivity contribution in [2.45, 2.75) is 25.6 Å². The first kappa shape index (κ1) is 23.9. The molecule has 0 saturated carbocycles. The van der Waals surface area contributed by atoms with Crippen molar-refractivity contribution >= 4 is 11.6 Å². The zero-order chi connectivity index (χ0) is 24.6. The highest BCUT2D eigenvalue weighted by atomic mass is 35.5. The van der Waals surface area contributed by atoms with Gasteiger partial charge in [0.15, 0.2) is 5.69 Å². The first-order chi connectivity index (χ1) is 15.3. The Morgan fingerprint density at radius 3 is 2.48 bits per heavy atom. The zero-order valence-electron chi connectivity index (χ0n) is 16.4. The molecule has 2 heterocycles. The second-order valence-electron chi connectivity index (χ2n) is 6.74. The van der Waals surface area contributed by atoms with E-state index in [1.165, 1.54) is 6.07 Å². The number of ether oxygens (including phenoxy) is 1. The van der Waals surface area contributed by atoms with Crippen molar-refractivity contribution in [3.63, 3.8) is 0 Å². The molecule has 172 valence electrons. The van der Waals surface area contributed by atoms with Gasteiger partial charge in [-0.2, -0.15) is 32.3 Å². The number of aromatic nitrogens is 4. The Morgan fingerprint density at radius 1 is 1.18 bits per heavy atom. The van der Waals surface area contributed by atoms with E-state index in [9.17, 15) is 31.5 Å². The fraction of sp³-hybridized carbons (Fsp3) is 0.211. The second-order valence-corrected chi connectivity index (χ2v) is 7.17. The molecule has 2 aromatic heterocycles. The number of halogens is 6. The Morgan fingerprint density at radius 2 is 1.88 bits per heavy atom. The van der Waals surface area contributed by atoms with Gasteiger partial charge in [-0.3, -0.25) is 14.2 Å². The number of H-pyrrole nitrogens is 1. The van der Waals surface area contributed by atoms with E-state index in [2.05, 4.69) is 10.1 Å². The molecule has 3 aromatic rings. The van der Waals surface area contributed by atoms with Crippen LogP contribution in [0.2, 0.25) is 5.02 Å². The molecule has 33 heavy (non-hydrogen) atoms. The third kappa shape index (κ3) is 5.35. The van der Waals surface area contributed by atoms with Crippen LogP contribution in [0, 0.1) is 11.3 Å². The van der Waals surface area contributed by atoms with Crippen molar-refractivity contribution in [1.82, 2.24) is 19.7 Å². The standard InChI is InChI=1S/C19H11ClF5N5O3/c1-18(21,22)13-4-10(16(31)29-28-13)7-30-8-27-15(19(23,24)25)14(17(30)32)33-12-3-9(6-26)2-11(20)5-12/h2-5,8H,7H2,1H3,(H,29,31). The lowest BCUT2D eigenvalue weighted by Crippen LogP contribution is -2.29. The summed E-state index contributed by atoms with van der Waals surface area (Å²) in [5, 5.41) is 14.0. The molecule has 0 saturated heterocycles. The second kappa shape index (κ2) is 8.62. The Hall–Kier alpha value is -3.79. The summed E-state index contributed by atoms with van der Waals surface area (Å²) in [6.07, 6.45) is -4.60. The minimum atomic E-state index is -5.10. The zero-order valence-corrected chi connectivity index (χ0v) is 17.1. The van der Waals surface area contributed by atoms with E-state index in [-0.39, 0.29) is 21.9 Å². The van der Waals surface area contributed by atoms with Gasteiger partial charge in [0.05, 0.1) is 24.5 Å². The summed E-state index contributed by atoms with van der Waals surface area (Å²) in [7, 11) is 0. The van der Waals surface area contributed by atoms with Crippen LogP contribution in [-0.2, 0) is 18.6 Å². The van der Waals surface area contributed by atoms with Gasteiger partial charge >= 0.3 is 6.18 Å². The molecule has 1 aromatic carbocycles. The molecule has 0 radical (unpaired) electrons. The molecular weight excluding hydrogens is 477 g/mol. The van der Waals surface area contributed by atoms with Gasteiger partial charge in [-0.25, -0.2) is 10.1 Å². The lowest BCUT2D eigenvalue weighted by Gasteiger charge is -2.15. The molecule has 0 spiro atoms. The number of aromatic amines is 1. The summed E-state index contributed by atoms with van der Waals surface area (Å²) in [5.74, 6) is -5.04. The van der Waals surface area contributed by atoms with E-state index < -0.39 is 46.9 Å². The summed E-state index contributed by atoms with van der Waals surface area (Å²) >= 11 is 5.81. The quantitative estimate of drug-likeness (QED) is 0.547. The number of hydrogen-bond acceptors (Lipinski definition) is 6. The molecule has 0 aliphatic heterocycles. The number of rotatable bonds is 5. The average Bonchev–Trinajstić information content (AvgIpc) is 2.70. The smallest absolute Gasteiger partial charge is 0.437 e. The molecule has 0 aliphatic carbocycles. The summed E-state index contributed by atoms with van der Waals surface area (Å²) in [6.45, 7) is -0.185. The maximum atomic E-state index is 13.5. The molecule has 0 amide bonds.